The molecule has 1 aliphatic rings. The Kier molecular flexibility index (Phi) is 6.61. The zero-order valence-corrected chi connectivity index (χ0v) is 12.7. The zero-order valence-electron chi connectivity index (χ0n) is 12.7. The zero-order chi connectivity index (χ0) is 13.6. The molecule has 0 aromatic carbocycles. The predicted octanol–water partition coefficient (Wildman–Crippen LogP) is 2.25. The minimum atomic E-state index is -0.558. The summed E-state index contributed by atoms with van der Waals surface area (Å²) < 4.78 is 0. The van der Waals surface area contributed by atoms with Crippen LogP contribution in [0, 0.1) is 5.92 Å². The number of likely N-dealkylation sites (tertiary alicyclic amines) is 1. The third-order valence-electron chi connectivity index (χ3n) is 4.45. The SMILES string of the molecule is CCCN1CCC(C(C)NCC(C)(O)CC)CC1. The molecule has 108 valence electrons. The van der Waals surface area contributed by atoms with Crippen LogP contribution in [0.5, 0.6) is 0 Å². The summed E-state index contributed by atoms with van der Waals surface area (Å²) in [5.41, 5.74) is -0.558. The molecular weight excluding hydrogens is 224 g/mol. The number of hydrogen-bond acceptors (Lipinski definition) is 3. The normalized spacial score (nSPS) is 23.8. The lowest BCUT2D eigenvalue weighted by Crippen LogP contribution is -2.46. The molecule has 0 aliphatic carbocycles. The fraction of sp³-hybridized carbons (Fsp3) is 1.00. The highest BCUT2D eigenvalue weighted by Gasteiger charge is 2.25. The second-order valence-electron chi connectivity index (χ2n) is 6.20. The Hall–Kier alpha value is -0.120. The van der Waals surface area contributed by atoms with Crippen molar-refractivity contribution in [2.24, 2.45) is 5.92 Å². The third-order valence-corrected chi connectivity index (χ3v) is 4.45. The van der Waals surface area contributed by atoms with Gasteiger partial charge in [0.15, 0.2) is 0 Å². The van der Waals surface area contributed by atoms with Crippen molar-refractivity contribution in [3.05, 3.63) is 0 Å². The maximum Gasteiger partial charge on any atom is 0.0741 e. The maximum absolute atomic E-state index is 10.0. The second kappa shape index (κ2) is 7.46. The molecule has 1 rings (SSSR count). The Bertz CT molecular complexity index is 223. The van der Waals surface area contributed by atoms with Crippen LogP contribution in [-0.4, -0.2) is 47.8 Å². The van der Waals surface area contributed by atoms with Crippen LogP contribution < -0.4 is 5.32 Å². The predicted molar refractivity (Wildman–Crippen MR) is 77.8 cm³/mol. The highest BCUT2D eigenvalue weighted by Crippen LogP contribution is 2.21. The summed E-state index contributed by atoms with van der Waals surface area (Å²) in [6.45, 7) is 12.9. The highest BCUT2D eigenvalue weighted by molar-refractivity contribution is 4.82. The van der Waals surface area contributed by atoms with Gasteiger partial charge in [-0.25, -0.2) is 0 Å². The van der Waals surface area contributed by atoms with E-state index in [9.17, 15) is 5.11 Å². The molecule has 3 heteroatoms. The molecule has 0 bridgehead atoms. The molecule has 1 aliphatic heterocycles. The smallest absolute Gasteiger partial charge is 0.0741 e. The van der Waals surface area contributed by atoms with E-state index in [-0.39, 0.29) is 0 Å². The quantitative estimate of drug-likeness (QED) is 0.733. The number of nitrogens with one attached hydrogen (secondary N) is 1. The number of hydrogen-bond donors (Lipinski definition) is 2. The fourth-order valence-corrected chi connectivity index (χ4v) is 2.67. The molecule has 1 heterocycles. The van der Waals surface area contributed by atoms with Gasteiger partial charge in [-0.3, -0.25) is 0 Å². The van der Waals surface area contributed by atoms with Crippen molar-refractivity contribution in [1.29, 1.82) is 0 Å². The van der Waals surface area contributed by atoms with Crippen molar-refractivity contribution in [3.8, 4) is 0 Å². The van der Waals surface area contributed by atoms with Crippen LogP contribution in [0.4, 0.5) is 0 Å². The van der Waals surface area contributed by atoms with Gasteiger partial charge in [-0.2, -0.15) is 0 Å². The summed E-state index contributed by atoms with van der Waals surface area (Å²) in [4.78, 5) is 2.57. The van der Waals surface area contributed by atoms with Gasteiger partial charge < -0.3 is 15.3 Å². The van der Waals surface area contributed by atoms with Crippen molar-refractivity contribution in [1.82, 2.24) is 10.2 Å². The number of nitrogens with zero attached hydrogens (tertiary/aromatic N) is 1. The largest absolute Gasteiger partial charge is 0.389 e. The molecule has 1 saturated heterocycles. The summed E-state index contributed by atoms with van der Waals surface area (Å²) in [5.74, 6) is 0.769. The van der Waals surface area contributed by atoms with Crippen molar-refractivity contribution in [3.63, 3.8) is 0 Å². The van der Waals surface area contributed by atoms with Gasteiger partial charge >= 0.3 is 0 Å². The number of aliphatic hydroxyl groups is 1. The van der Waals surface area contributed by atoms with Crippen molar-refractivity contribution < 1.29 is 5.11 Å². The summed E-state index contributed by atoms with van der Waals surface area (Å²) >= 11 is 0. The molecule has 0 aromatic rings. The lowest BCUT2D eigenvalue weighted by Gasteiger charge is -2.36. The average Bonchev–Trinajstić information content (AvgIpc) is 2.37. The molecule has 0 aromatic heterocycles. The van der Waals surface area contributed by atoms with Gasteiger partial charge in [0.05, 0.1) is 5.60 Å². The molecule has 3 nitrogen and oxygen atoms in total. The first-order chi connectivity index (χ1) is 8.48. The molecule has 0 saturated carbocycles. The monoisotopic (exact) mass is 256 g/mol. The first kappa shape index (κ1) is 15.9. The van der Waals surface area contributed by atoms with Gasteiger partial charge in [0.1, 0.15) is 0 Å². The van der Waals surface area contributed by atoms with Crippen LogP contribution in [0.1, 0.15) is 53.4 Å². The Morgan fingerprint density at radius 3 is 2.44 bits per heavy atom. The fourth-order valence-electron chi connectivity index (χ4n) is 2.67. The molecule has 0 amide bonds. The van der Waals surface area contributed by atoms with E-state index in [1.165, 1.54) is 38.9 Å². The first-order valence-corrected chi connectivity index (χ1v) is 7.66. The summed E-state index contributed by atoms with van der Waals surface area (Å²) in [6.07, 6.45) is 4.66. The van der Waals surface area contributed by atoms with Gasteiger partial charge in [-0.15, -0.1) is 0 Å². The van der Waals surface area contributed by atoms with Crippen molar-refractivity contribution in [2.45, 2.75) is 65.0 Å². The van der Waals surface area contributed by atoms with Crippen molar-refractivity contribution in [2.75, 3.05) is 26.2 Å². The summed E-state index contributed by atoms with van der Waals surface area (Å²) in [6, 6.07) is 0.520. The maximum atomic E-state index is 10.0. The van der Waals surface area contributed by atoms with Gasteiger partial charge in [0.2, 0.25) is 0 Å². The minimum absolute atomic E-state index is 0.520. The Labute approximate surface area is 113 Å². The van der Waals surface area contributed by atoms with E-state index in [0.29, 0.717) is 12.6 Å². The molecule has 2 unspecified atom stereocenters. The van der Waals surface area contributed by atoms with Crippen molar-refractivity contribution >= 4 is 0 Å². The van der Waals surface area contributed by atoms with Crippen LogP contribution in [0.2, 0.25) is 0 Å². The molecule has 2 N–H and O–H groups in total. The lowest BCUT2D eigenvalue weighted by atomic mass is 9.89. The van der Waals surface area contributed by atoms with Crippen LogP contribution in [0.15, 0.2) is 0 Å². The molecule has 2 atom stereocenters. The van der Waals surface area contributed by atoms with E-state index in [4.69, 9.17) is 0 Å². The van der Waals surface area contributed by atoms with Gasteiger partial charge in [0, 0.05) is 12.6 Å². The van der Waals surface area contributed by atoms with Crippen LogP contribution in [0.3, 0.4) is 0 Å². The average molecular weight is 256 g/mol. The Morgan fingerprint density at radius 2 is 1.94 bits per heavy atom. The number of rotatable bonds is 7. The topological polar surface area (TPSA) is 35.5 Å². The van der Waals surface area contributed by atoms with Gasteiger partial charge in [-0.05, 0) is 65.1 Å². The second-order valence-corrected chi connectivity index (χ2v) is 6.20. The minimum Gasteiger partial charge on any atom is -0.389 e. The summed E-state index contributed by atoms with van der Waals surface area (Å²) in [7, 11) is 0. The summed E-state index contributed by atoms with van der Waals surface area (Å²) in [5, 5.41) is 13.5. The van der Waals surface area contributed by atoms with E-state index in [1.807, 2.05) is 13.8 Å². The van der Waals surface area contributed by atoms with E-state index in [1.54, 1.807) is 0 Å². The highest BCUT2D eigenvalue weighted by atomic mass is 16.3. The Balaban J connectivity index is 2.25. The molecule has 0 spiro atoms. The molecular formula is C15H32N2O. The van der Waals surface area contributed by atoms with Crippen LogP contribution in [0.25, 0.3) is 0 Å². The van der Waals surface area contributed by atoms with Crippen LogP contribution >= 0.6 is 0 Å². The van der Waals surface area contributed by atoms with E-state index in [2.05, 4.69) is 24.1 Å². The van der Waals surface area contributed by atoms with E-state index in [0.717, 1.165) is 12.3 Å². The molecule has 1 fully saturated rings. The van der Waals surface area contributed by atoms with E-state index >= 15 is 0 Å². The third kappa shape index (κ3) is 5.25. The Morgan fingerprint density at radius 1 is 1.33 bits per heavy atom. The standard InChI is InChI=1S/C15H32N2O/c1-5-9-17-10-7-14(8-11-17)13(3)16-12-15(4,18)6-2/h13-14,16,18H,5-12H2,1-4H3. The first-order valence-electron chi connectivity index (χ1n) is 7.66. The molecule has 18 heavy (non-hydrogen) atoms. The van der Waals surface area contributed by atoms with Gasteiger partial charge in [-0.1, -0.05) is 13.8 Å². The van der Waals surface area contributed by atoms with E-state index < -0.39 is 5.60 Å². The van der Waals surface area contributed by atoms with Gasteiger partial charge in [0.25, 0.3) is 0 Å². The molecule has 0 radical (unpaired) electrons. The number of piperidine rings is 1. The lowest BCUT2D eigenvalue weighted by molar-refractivity contribution is 0.0487. The van der Waals surface area contributed by atoms with Crippen LogP contribution in [-0.2, 0) is 0 Å².